The Bertz CT molecular complexity index is 698. The van der Waals surface area contributed by atoms with Gasteiger partial charge in [0.1, 0.15) is 23.2 Å². The van der Waals surface area contributed by atoms with Crippen molar-refractivity contribution in [3.63, 3.8) is 0 Å². The fourth-order valence-electron chi connectivity index (χ4n) is 1.80. The molecule has 0 radical (unpaired) electrons. The molecule has 0 saturated heterocycles. The van der Waals surface area contributed by atoms with Crippen LogP contribution in [0.25, 0.3) is 5.69 Å². The molecule has 0 saturated carbocycles. The van der Waals surface area contributed by atoms with Gasteiger partial charge in [0, 0.05) is 0 Å². The summed E-state index contributed by atoms with van der Waals surface area (Å²) >= 11 is 0. The van der Waals surface area contributed by atoms with E-state index in [9.17, 15) is 4.79 Å². The largest absolute Gasteiger partial charge is 0.497 e. The molecule has 0 atom stereocenters. The van der Waals surface area contributed by atoms with Gasteiger partial charge in [0.05, 0.1) is 19.4 Å². The second kappa shape index (κ2) is 5.96. The minimum absolute atomic E-state index is 0.00395. The third kappa shape index (κ3) is 2.65. The Hall–Kier alpha value is -3.01. The lowest BCUT2D eigenvalue weighted by Gasteiger charge is -2.05. The SMILES string of the molecule is CCOC(=O)c1nn(-c2ccc(OC)cc2)c(N)c1C#N. The van der Waals surface area contributed by atoms with Crippen LogP contribution in [0.5, 0.6) is 5.75 Å². The number of nitrogens with two attached hydrogens (primary N) is 1. The number of methoxy groups -OCH3 is 1. The first-order chi connectivity index (χ1) is 10.1. The molecule has 0 bridgehead atoms. The molecule has 0 aliphatic rings. The van der Waals surface area contributed by atoms with Gasteiger partial charge in [0.2, 0.25) is 0 Å². The maximum Gasteiger partial charge on any atom is 0.360 e. The summed E-state index contributed by atoms with van der Waals surface area (Å²) in [6.45, 7) is 1.87. The summed E-state index contributed by atoms with van der Waals surface area (Å²) in [5.41, 5.74) is 6.42. The molecule has 0 aliphatic heterocycles. The standard InChI is InChI=1S/C14H14N4O3/c1-3-21-14(19)12-11(8-15)13(16)18(17-12)9-4-6-10(20-2)7-5-9/h4-7H,3,16H2,1-2H3. The van der Waals surface area contributed by atoms with Crippen LogP contribution < -0.4 is 10.5 Å². The summed E-state index contributed by atoms with van der Waals surface area (Å²) in [6, 6.07) is 8.78. The Kier molecular flexibility index (Phi) is 4.09. The van der Waals surface area contributed by atoms with Crippen LogP contribution >= 0.6 is 0 Å². The third-order valence-corrected chi connectivity index (χ3v) is 2.82. The first-order valence-electron chi connectivity index (χ1n) is 6.22. The Balaban J connectivity index is 2.49. The molecule has 21 heavy (non-hydrogen) atoms. The van der Waals surface area contributed by atoms with Crippen LogP contribution in [0.3, 0.4) is 0 Å². The van der Waals surface area contributed by atoms with E-state index >= 15 is 0 Å². The number of nitrogens with zero attached hydrogens (tertiary/aromatic N) is 3. The number of benzene rings is 1. The van der Waals surface area contributed by atoms with Crippen molar-refractivity contribution in [2.45, 2.75) is 6.92 Å². The van der Waals surface area contributed by atoms with Crippen LogP contribution in [0.4, 0.5) is 5.82 Å². The van der Waals surface area contributed by atoms with E-state index in [4.69, 9.17) is 20.5 Å². The first kappa shape index (κ1) is 14.4. The van der Waals surface area contributed by atoms with E-state index in [0.29, 0.717) is 11.4 Å². The van der Waals surface area contributed by atoms with E-state index in [2.05, 4.69) is 5.10 Å². The van der Waals surface area contributed by atoms with Crippen molar-refractivity contribution in [3.05, 3.63) is 35.5 Å². The fourth-order valence-corrected chi connectivity index (χ4v) is 1.80. The van der Waals surface area contributed by atoms with Gasteiger partial charge < -0.3 is 15.2 Å². The van der Waals surface area contributed by atoms with E-state index in [1.54, 1.807) is 38.3 Å². The van der Waals surface area contributed by atoms with Crippen molar-refractivity contribution >= 4 is 11.8 Å². The Morgan fingerprint density at radius 1 is 1.43 bits per heavy atom. The van der Waals surface area contributed by atoms with Crippen LogP contribution in [0.2, 0.25) is 0 Å². The van der Waals surface area contributed by atoms with Crippen molar-refractivity contribution < 1.29 is 14.3 Å². The summed E-state index contributed by atoms with van der Waals surface area (Å²) in [5, 5.41) is 13.2. The van der Waals surface area contributed by atoms with Gasteiger partial charge in [-0.05, 0) is 31.2 Å². The van der Waals surface area contributed by atoms with Crippen molar-refractivity contribution in [1.29, 1.82) is 5.26 Å². The Morgan fingerprint density at radius 2 is 2.10 bits per heavy atom. The van der Waals surface area contributed by atoms with Gasteiger partial charge in [-0.25, -0.2) is 9.48 Å². The number of hydrogen-bond acceptors (Lipinski definition) is 6. The van der Waals surface area contributed by atoms with Gasteiger partial charge in [-0.15, -0.1) is 0 Å². The normalized spacial score (nSPS) is 9.95. The highest BCUT2D eigenvalue weighted by atomic mass is 16.5. The van der Waals surface area contributed by atoms with Crippen molar-refractivity contribution in [3.8, 4) is 17.5 Å². The second-order valence-electron chi connectivity index (χ2n) is 4.05. The van der Waals surface area contributed by atoms with E-state index in [1.165, 1.54) is 4.68 Å². The molecule has 0 fully saturated rings. The number of rotatable bonds is 4. The minimum Gasteiger partial charge on any atom is -0.497 e. The summed E-state index contributed by atoms with van der Waals surface area (Å²) in [4.78, 5) is 11.8. The predicted octanol–water partition coefficient (Wildman–Crippen LogP) is 1.51. The fraction of sp³-hybridized carbons (Fsp3) is 0.214. The van der Waals surface area contributed by atoms with Crippen molar-refractivity contribution in [2.75, 3.05) is 19.5 Å². The Labute approximate surface area is 121 Å². The molecule has 2 aromatic rings. The molecular weight excluding hydrogens is 272 g/mol. The number of carbonyl (C=O) groups is 1. The molecule has 108 valence electrons. The van der Waals surface area contributed by atoms with Gasteiger partial charge in [-0.3, -0.25) is 0 Å². The lowest BCUT2D eigenvalue weighted by Crippen LogP contribution is -2.08. The number of nitrogen functional groups attached to an aromatic ring is 1. The van der Waals surface area contributed by atoms with Crippen molar-refractivity contribution in [1.82, 2.24) is 9.78 Å². The van der Waals surface area contributed by atoms with Crippen LogP contribution in [-0.2, 0) is 4.74 Å². The average Bonchev–Trinajstić information content (AvgIpc) is 2.84. The van der Waals surface area contributed by atoms with Crippen LogP contribution in [-0.4, -0.2) is 29.5 Å². The summed E-state index contributed by atoms with van der Waals surface area (Å²) in [6.07, 6.45) is 0. The number of nitriles is 1. The molecule has 2 rings (SSSR count). The molecule has 1 heterocycles. The van der Waals surface area contributed by atoms with E-state index in [-0.39, 0.29) is 23.7 Å². The molecule has 0 spiro atoms. The maximum absolute atomic E-state index is 11.8. The zero-order chi connectivity index (χ0) is 15.4. The summed E-state index contributed by atoms with van der Waals surface area (Å²) in [5.74, 6) is 0.0920. The molecule has 0 aliphatic carbocycles. The lowest BCUT2D eigenvalue weighted by atomic mass is 10.2. The molecule has 2 N–H and O–H groups in total. The van der Waals surface area contributed by atoms with Crippen LogP contribution in [0.1, 0.15) is 23.0 Å². The average molecular weight is 286 g/mol. The van der Waals surface area contributed by atoms with Crippen LogP contribution in [0.15, 0.2) is 24.3 Å². The first-order valence-corrected chi connectivity index (χ1v) is 6.22. The third-order valence-electron chi connectivity index (χ3n) is 2.82. The number of hydrogen-bond donors (Lipinski definition) is 1. The predicted molar refractivity (Wildman–Crippen MR) is 75.2 cm³/mol. The quantitative estimate of drug-likeness (QED) is 0.854. The number of anilines is 1. The minimum atomic E-state index is -0.673. The highest BCUT2D eigenvalue weighted by molar-refractivity contribution is 5.92. The summed E-state index contributed by atoms with van der Waals surface area (Å²) < 4.78 is 11.3. The molecule has 0 amide bonds. The molecule has 1 aromatic heterocycles. The molecule has 7 nitrogen and oxygen atoms in total. The molecular formula is C14H14N4O3. The highest BCUT2D eigenvalue weighted by Crippen LogP contribution is 2.22. The van der Waals surface area contributed by atoms with Crippen LogP contribution in [0, 0.1) is 11.3 Å². The number of ether oxygens (including phenoxy) is 2. The van der Waals surface area contributed by atoms with E-state index in [0.717, 1.165) is 0 Å². The van der Waals surface area contributed by atoms with Gasteiger partial charge in [-0.2, -0.15) is 10.4 Å². The zero-order valence-corrected chi connectivity index (χ0v) is 11.7. The zero-order valence-electron chi connectivity index (χ0n) is 11.7. The lowest BCUT2D eigenvalue weighted by molar-refractivity contribution is 0.0518. The summed E-state index contributed by atoms with van der Waals surface area (Å²) in [7, 11) is 1.56. The van der Waals surface area contributed by atoms with Gasteiger partial charge in [-0.1, -0.05) is 0 Å². The van der Waals surface area contributed by atoms with Gasteiger partial charge in [0.25, 0.3) is 0 Å². The monoisotopic (exact) mass is 286 g/mol. The second-order valence-corrected chi connectivity index (χ2v) is 4.05. The number of carbonyl (C=O) groups excluding carboxylic acids is 1. The number of esters is 1. The van der Waals surface area contributed by atoms with E-state index in [1.807, 2.05) is 6.07 Å². The van der Waals surface area contributed by atoms with E-state index < -0.39 is 5.97 Å². The smallest absolute Gasteiger partial charge is 0.360 e. The molecule has 7 heteroatoms. The van der Waals surface area contributed by atoms with Crippen molar-refractivity contribution in [2.24, 2.45) is 0 Å². The highest BCUT2D eigenvalue weighted by Gasteiger charge is 2.23. The topological polar surface area (TPSA) is 103 Å². The van der Waals surface area contributed by atoms with Gasteiger partial charge in [0.15, 0.2) is 5.69 Å². The Morgan fingerprint density at radius 3 is 2.62 bits per heavy atom. The molecule has 1 aromatic carbocycles. The maximum atomic E-state index is 11.8. The van der Waals surface area contributed by atoms with Gasteiger partial charge >= 0.3 is 5.97 Å². The molecule has 0 unspecified atom stereocenters. The number of aromatic nitrogens is 2.